The van der Waals surface area contributed by atoms with Gasteiger partial charge in [0.05, 0.1) is 13.7 Å². The van der Waals surface area contributed by atoms with Gasteiger partial charge in [-0.1, -0.05) is 0 Å². The van der Waals surface area contributed by atoms with Crippen molar-refractivity contribution >= 4 is 5.97 Å². The monoisotopic (exact) mass is 240 g/mol. The van der Waals surface area contributed by atoms with Crippen LogP contribution in [0.3, 0.4) is 0 Å². The average Bonchev–Trinajstić information content (AvgIpc) is 2.56. The predicted octanol–water partition coefficient (Wildman–Crippen LogP) is 0.386. The molecule has 1 aliphatic heterocycles. The Hall–Kier alpha value is -0.820. The number of likely N-dealkylation sites (N-methyl/N-ethyl adjacent to an activating group) is 1. The Morgan fingerprint density at radius 3 is 2.56 bits per heavy atom. The molecule has 1 aliphatic rings. The number of nitrogens with zero attached hydrogens (tertiary/aromatic N) is 1. The van der Waals surface area contributed by atoms with Crippen LogP contribution in [0.25, 0.3) is 0 Å². The molecule has 94 valence electrons. The van der Waals surface area contributed by atoms with Gasteiger partial charge >= 0.3 is 12.1 Å². The van der Waals surface area contributed by atoms with Crippen molar-refractivity contribution < 1.29 is 22.7 Å². The maximum absolute atomic E-state index is 12.1. The van der Waals surface area contributed by atoms with Gasteiger partial charge in [-0.05, 0) is 13.5 Å². The predicted molar refractivity (Wildman–Crippen MR) is 50.9 cm³/mol. The van der Waals surface area contributed by atoms with E-state index in [1.807, 2.05) is 0 Å². The molecular weight excluding hydrogens is 225 g/mol. The first-order valence-electron chi connectivity index (χ1n) is 4.88. The second-order valence-corrected chi connectivity index (χ2v) is 4.03. The zero-order valence-corrected chi connectivity index (χ0v) is 9.23. The third-order valence-corrected chi connectivity index (χ3v) is 2.66. The normalized spacial score (nSPS) is 27.1. The number of carbonyl (C=O) groups is 1. The zero-order valence-electron chi connectivity index (χ0n) is 9.23. The highest BCUT2D eigenvalue weighted by Gasteiger charge is 2.46. The minimum atomic E-state index is -4.33. The van der Waals surface area contributed by atoms with Crippen LogP contribution in [-0.4, -0.2) is 56.4 Å². The number of ether oxygens (including phenoxy) is 1. The molecule has 4 nitrogen and oxygen atoms in total. The minimum Gasteiger partial charge on any atom is -0.468 e. The van der Waals surface area contributed by atoms with E-state index >= 15 is 0 Å². The van der Waals surface area contributed by atoms with Crippen LogP contribution < -0.4 is 5.32 Å². The van der Waals surface area contributed by atoms with Crippen molar-refractivity contribution in [1.82, 2.24) is 10.2 Å². The van der Waals surface area contributed by atoms with Crippen LogP contribution >= 0.6 is 0 Å². The van der Waals surface area contributed by atoms with E-state index in [2.05, 4.69) is 10.1 Å². The lowest BCUT2D eigenvalue weighted by atomic mass is 9.99. The van der Waals surface area contributed by atoms with Crippen molar-refractivity contribution in [3.8, 4) is 0 Å². The van der Waals surface area contributed by atoms with Crippen LogP contribution in [0.4, 0.5) is 13.2 Å². The van der Waals surface area contributed by atoms with Crippen molar-refractivity contribution in [3.05, 3.63) is 0 Å². The first kappa shape index (κ1) is 13.2. The highest BCUT2D eigenvalue weighted by Crippen LogP contribution is 2.23. The summed E-state index contributed by atoms with van der Waals surface area (Å²) in [6.45, 7) is -0.383. The smallest absolute Gasteiger partial charge is 0.401 e. The molecule has 0 spiro atoms. The second kappa shape index (κ2) is 4.58. The number of esters is 1. The molecule has 0 aliphatic carbocycles. The summed E-state index contributed by atoms with van der Waals surface area (Å²) in [5.74, 6) is -0.638. The van der Waals surface area contributed by atoms with Gasteiger partial charge in [0, 0.05) is 13.1 Å². The fourth-order valence-electron chi connectivity index (χ4n) is 1.85. The van der Waals surface area contributed by atoms with Gasteiger partial charge in [-0.25, -0.2) is 0 Å². The number of alkyl halides is 3. The van der Waals surface area contributed by atoms with Crippen LogP contribution in [0, 0.1) is 0 Å². The Labute approximate surface area is 91.7 Å². The number of hydrogen-bond donors (Lipinski definition) is 1. The van der Waals surface area contributed by atoms with Crippen LogP contribution in [0.2, 0.25) is 0 Å². The fourth-order valence-corrected chi connectivity index (χ4v) is 1.85. The van der Waals surface area contributed by atoms with Gasteiger partial charge in [0.25, 0.3) is 0 Å². The molecule has 7 heteroatoms. The van der Waals surface area contributed by atoms with E-state index in [1.165, 1.54) is 7.11 Å². The number of likely N-dealkylation sites (tertiary alicyclic amines) is 1. The van der Waals surface area contributed by atoms with Gasteiger partial charge in [0.1, 0.15) is 5.54 Å². The third-order valence-electron chi connectivity index (χ3n) is 2.66. The third kappa shape index (κ3) is 3.08. The minimum absolute atomic E-state index is 0.232. The Morgan fingerprint density at radius 1 is 1.56 bits per heavy atom. The Balaban J connectivity index is 2.69. The van der Waals surface area contributed by atoms with E-state index in [1.54, 1.807) is 11.9 Å². The summed E-state index contributed by atoms with van der Waals surface area (Å²) in [6.07, 6.45) is -4.01. The summed E-state index contributed by atoms with van der Waals surface area (Å²) < 4.78 is 40.9. The molecule has 0 aromatic heterocycles. The number of methoxy groups -OCH3 is 1. The number of carbonyl (C=O) groups excluding carboxylic acids is 1. The molecule has 0 radical (unpaired) electrons. The Kier molecular flexibility index (Phi) is 3.80. The molecule has 0 aromatic carbocycles. The lowest BCUT2D eigenvalue weighted by Crippen LogP contribution is -2.56. The first-order valence-corrected chi connectivity index (χ1v) is 4.88. The first-order chi connectivity index (χ1) is 7.29. The highest BCUT2D eigenvalue weighted by atomic mass is 19.4. The van der Waals surface area contributed by atoms with Gasteiger partial charge in [-0.15, -0.1) is 0 Å². The summed E-state index contributed by atoms with van der Waals surface area (Å²) in [7, 11) is 2.93. The maximum atomic E-state index is 12.1. The molecule has 1 atom stereocenters. The van der Waals surface area contributed by atoms with Crippen LogP contribution in [0.15, 0.2) is 0 Å². The van der Waals surface area contributed by atoms with Crippen LogP contribution in [0.1, 0.15) is 6.42 Å². The van der Waals surface area contributed by atoms with E-state index in [-0.39, 0.29) is 6.54 Å². The zero-order chi connectivity index (χ0) is 12.4. The van der Waals surface area contributed by atoms with Crippen LogP contribution in [0.5, 0.6) is 0 Å². The average molecular weight is 240 g/mol. The van der Waals surface area contributed by atoms with E-state index in [9.17, 15) is 18.0 Å². The van der Waals surface area contributed by atoms with E-state index in [0.29, 0.717) is 13.0 Å². The maximum Gasteiger partial charge on any atom is 0.401 e. The second-order valence-electron chi connectivity index (χ2n) is 4.03. The molecule has 1 unspecified atom stereocenters. The van der Waals surface area contributed by atoms with Crippen molar-refractivity contribution in [3.63, 3.8) is 0 Å². The van der Waals surface area contributed by atoms with Gasteiger partial charge in [-0.3, -0.25) is 10.1 Å². The summed E-state index contributed by atoms with van der Waals surface area (Å²) in [4.78, 5) is 13.3. The largest absolute Gasteiger partial charge is 0.468 e. The lowest BCUT2D eigenvalue weighted by molar-refractivity contribution is -0.152. The number of nitrogens with one attached hydrogen (secondary N) is 1. The summed E-state index contributed by atoms with van der Waals surface area (Å²) in [5.41, 5.74) is -1.22. The van der Waals surface area contributed by atoms with E-state index in [4.69, 9.17) is 0 Å². The molecular formula is C9H15F3N2O2. The molecule has 0 amide bonds. The lowest BCUT2D eigenvalue weighted by Gasteiger charge is -2.27. The van der Waals surface area contributed by atoms with E-state index < -0.39 is 24.2 Å². The number of halogens is 3. The molecule has 1 N–H and O–H groups in total. The van der Waals surface area contributed by atoms with Gasteiger partial charge in [0.15, 0.2) is 0 Å². The van der Waals surface area contributed by atoms with Gasteiger partial charge in [-0.2, -0.15) is 13.2 Å². The summed E-state index contributed by atoms with van der Waals surface area (Å²) >= 11 is 0. The number of rotatable bonds is 3. The summed E-state index contributed by atoms with van der Waals surface area (Å²) in [6, 6.07) is 0. The van der Waals surface area contributed by atoms with Crippen molar-refractivity contribution in [2.75, 3.05) is 33.8 Å². The Bertz CT molecular complexity index is 270. The highest BCUT2D eigenvalue weighted by molar-refractivity contribution is 5.81. The SMILES string of the molecule is COC(=O)C1(NCC(F)(F)F)CCN(C)C1. The van der Waals surface area contributed by atoms with Crippen molar-refractivity contribution in [2.45, 2.75) is 18.1 Å². The molecule has 1 fully saturated rings. The molecule has 1 rings (SSSR count). The molecule has 0 saturated carbocycles. The number of hydrogen-bond acceptors (Lipinski definition) is 4. The topological polar surface area (TPSA) is 41.6 Å². The summed E-state index contributed by atoms with van der Waals surface area (Å²) in [5, 5.41) is 2.27. The van der Waals surface area contributed by atoms with Crippen molar-refractivity contribution in [2.24, 2.45) is 0 Å². The molecule has 0 bridgehead atoms. The van der Waals surface area contributed by atoms with Crippen LogP contribution in [-0.2, 0) is 9.53 Å². The van der Waals surface area contributed by atoms with Gasteiger partial charge in [0.2, 0.25) is 0 Å². The quantitative estimate of drug-likeness (QED) is 0.724. The van der Waals surface area contributed by atoms with E-state index in [0.717, 1.165) is 0 Å². The Morgan fingerprint density at radius 2 is 2.19 bits per heavy atom. The molecule has 0 aromatic rings. The fraction of sp³-hybridized carbons (Fsp3) is 0.889. The molecule has 1 saturated heterocycles. The standard InChI is InChI=1S/C9H15F3N2O2/c1-14-4-3-8(6-14,7(15)16-2)13-5-9(10,11)12/h13H,3-6H2,1-2H3. The molecule has 16 heavy (non-hydrogen) atoms. The van der Waals surface area contributed by atoms with Gasteiger partial charge < -0.3 is 9.64 Å². The van der Waals surface area contributed by atoms with Crippen molar-refractivity contribution in [1.29, 1.82) is 0 Å². The molecule has 1 heterocycles.